The molecule has 0 aliphatic rings. The summed E-state index contributed by atoms with van der Waals surface area (Å²) in [5.41, 5.74) is 5.92. The van der Waals surface area contributed by atoms with Crippen molar-refractivity contribution in [2.75, 3.05) is 17.6 Å². The Balaban J connectivity index is 2.81. The molecule has 1 rings (SSSR count). The molecule has 0 saturated carbocycles. The minimum atomic E-state index is -0.996. The predicted octanol–water partition coefficient (Wildman–Crippen LogP) is 0.342. The van der Waals surface area contributed by atoms with Gasteiger partial charge in [-0.25, -0.2) is 4.98 Å². The van der Waals surface area contributed by atoms with Crippen LogP contribution in [0.3, 0.4) is 0 Å². The molecule has 0 bridgehead atoms. The molecule has 0 aliphatic heterocycles. The van der Waals surface area contributed by atoms with Gasteiger partial charge in [0.15, 0.2) is 5.82 Å². The SMILES string of the molecule is CC(C)Oc1ncnc(NCC(=O)O)c1N. The maximum atomic E-state index is 10.4. The maximum absolute atomic E-state index is 10.4. The third kappa shape index (κ3) is 3.26. The zero-order chi connectivity index (χ0) is 12.1. The average Bonchev–Trinajstić information content (AvgIpc) is 2.18. The summed E-state index contributed by atoms with van der Waals surface area (Å²) in [6.07, 6.45) is 1.20. The van der Waals surface area contributed by atoms with Gasteiger partial charge in [-0.15, -0.1) is 0 Å². The summed E-state index contributed by atoms with van der Waals surface area (Å²) < 4.78 is 5.33. The number of aromatic nitrogens is 2. The van der Waals surface area contributed by atoms with Crippen LogP contribution in [0.15, 0.2) is 6.33 Å². The van der Waals surface area contributed by atoms with Crippen molar-refractivity contribution in [1.29, 1.82) is 0 Å². The van der Waals surface area contributed by atoms with Gasteiger partial charge < -0.3 is 20.9 Å². The number of hydrogen-bond acceptors (Lipinski definition) is 6. The molecule has 0 aromatic carbocycles. The smallest absolute Gasteiger partial charge is 0.322 e. The molecule has 0 unspecified atom stereocenters. The minimum absolute atomic E-state index is 0.0653. The Kier molecular flexibility index (Phi) is 3.87. The van der Waals surface area contributed by atoms with Crippen molar-refractivity contribution in [1.82, 2.24) is 9.97 Å². The Bertz CT molecular complexity index is 381. The quantitative estimate of drug-likeness (QED) is 0.664. The number of ether oxygens (including phenoxy) is 1. The van der Waals surface area contributed by atoms with Gasteiger partial charge in [-0.1, -0.05) is 0 Å². The van der Waals surface area contributed by atoms with Gasteiger partial charge >= 0.3 is 5.97 Å². The number of nitrogens with two attached hydrogens (primary N) is 1. The molecular weight excluding hydrogens is 212 g/mol. The number of nitrogens with zero attached hydrogens (tertiary/aromatic N) is 2. The van der Waals surface area contributed by atoms with Crippen LogP contribution in [0.2, 0.25) is 0 Å². The Morgan fingerprint density at radius 2 is 2.31 bits per heavy atom. The van der Waals surface area contributed by atoms with Crippen LogP contribution in [-0.2, 0) is 4.79 Å². The van der Waals surface area contributed by atoms with Crippen molar-refractivity contribution < 1.29 is 14.6 Å². The molecule has 0 fully saturated rings. The van der Waals surface area contributed by atoms with Gasteiger partial charge in [-0.05, 0) is 13.8 Å². The fourth-order valence-electron chi connectivity index (χ4n) is 0.997. The summed E-state index contributed by atoms with van der Waals surface area (Å²) in [4.78, 5) is 18.1. The summed E-state index contributed by atoms with van der Waals surface area (Å²) in [6, 6.07) is 0. The standard InChI is InChI=1S/C9H14N4O3/c1-5(2)16-9-7(10)8(12-4-13-9)11-3-6(14)15/h4-5H,3,10H2,1-2H3,(H,14,15)(H,11,12,13). The van der Waals surface area contributed by atoms with Gasteiger partial charge in [0.05, 0.1) is 6.10 Å². The van der Waals surface area contributed by atoms with Crippen molar-refractivity contribution >= 4 is 17.5 Å². The molecule has 0 radical (unpaired) electrons. The fourth-order valence-corrected chi connectivity index (χ4v) is 0.997. The van der Waals surface area contributed by atoms with Crippen molar-refractivity contribution in [2.45, 2.75) is 20.0 Å². The maximum Gasteiger partial charge on any atom is 0.322 e. The topological polar surface area (TPSA) is 110 Å². The number of rotatable bonds is 5. The van der Waals surface area contributed by atoms with E-state index in [-0.39, 0.29) is 30.0 Å². The lowest BCUT2D eigenvalue weighted by Gasteiger charge is -2.12. The van der Waals surface area contributed by atoms with Crippen LogP contribution in [0.5, 0.6) is 5.88 Å². The van der Waals surface area contributed by atoms with Crippen LogP contribution >= 0.6 is 0 Å². The molecule has 0 amide bonds. The molecule has 88 valence electrons. The van der Waals surface area contributed by atoms with Gasteiger partial charge in [-0.2, -0.15) is 4.98 Å². The lowest BCUT2D eigenvalue weighted by atomic mass is 10.4. The number of carboxylic acids is 1. The Morgan fingerprint density at radius 3 is 2.88 bits per heavy atom. The van der Waals surface area contributed by atoms with Crippen molar-refractivity contribution in [3.05, 3.63) is 6.33 Å². The fraction of sp³-hybridized carbons (Fsp3) is 0.444. The van der Waals surface area contributed by atoms with Gasteiger partial charge in [0.25, 0.3) is 0 Å². The van der Waals surface area contributed by atoms with Crippen LogP contribution in [0.25, 0.3) is 0 Å². The monoisotopic (exact) mass is 226 g/mol. The van der Waals surface area contributed by atoms with Crippen LogP contribution in [0.4, 0.5) is 11.5 Å². The van der Waals surface area contributed by atoms with Crippen molar-refractivity contribution in [3.63, 3.8) is 0 Å². The number of anilines is 2. The lowest BCUT2D eigenvalue weighted by Crippen LogP contribution is -2.16. The zero-order valence-electron chi connectivity index (χ0n) is 9.10. The van der Waals surface area contributed by atoms with E-state index in [2.05, 4.69) is 15.3 Å². The van der Waals surface area contributed by atoms with Gasteiger partial charge in [-0.3, -0.25) is 4.79 Å². The van der Waals surface area contributed by atoms with Crippen LogP contribution in [0.1, 0.15) is 13.8 Å². The van der Waals surface area contributed by atoms with E-state index >= 15 is 0 Å². The molecule has 4 N–H and O–H groups in total. The van der Waals surface area contributed by atoms with Gasteiger partial charge in [0.1, 0.15) is 18.6 Å². The Morgan fingerprint density at radius 1 is 1.62 bits per heavy atom. The summed E-state index contributed by atoms with van der Waals surface area (Å²) >= 11 is 0. The molecule has 7 nitrogen and oxygen atoms in total. The first-order valence-electron chi connectivity index (χ1n) is 4.73. The summed E-state index contributed by atoms with van der Waals surface area (Å²) in [7, 11) is 0. The molecule has 0 saturated heterocycles. The van der Waals surface area contributed by atoms with Crippen molar-refractivity contribution in [3.8, 4) is 5.88 Å². The third-order valence-corrected chi connectivity index (χ3v) is 1.60. The van der Waals surface area contributed by atoms with Gasteiger partial charge in [0.2, 0.25) is 5.88 Å². The van der Waals surface area contributed by atoms with Crippen LogP contribution in [0, 0.1) is 0 Å². The summed E-state index contributed by atoms with van der Waals surface area (Å²) in [5.74, 6) is -0.490. The molecule has 0 aliphatic carbocycles. The highest BCUT2D eigenvalue weighted by molar-refractivity contribution is 5.75. The van der Waals surface area contributed by atoms with E-state index in [1.165, 1.54) is 6.33 Å². The van der Waals surface area contributed by atoms with E-state index < -0.39 is 5.97 Å². The molecule has 1 heterocycles. The number of aliphatic carboxylic acids is 1. The van der Waals surface area contributed by atoms with E-state index in [9.17, 15) is 4.79 Å². The Hall–Kier alpha value is -2.05. The number of hydrogen-bond donors (Lipinski definition) is 3. The normalized spacial score (nSPS) is 10.2. The second-order valence-electron chi connectivity index (χ2n) is 3.36. The number of nitrogen functional groups attached to an aromatic ring is 1. The van der Waals surface area contributed by atoms with Crippen LogP contribution in [-0.4, -0.2) is 33.7 Å². The number of carboxylic acid groups (broad SMARTS) is 1. The molecule has 16 heavy (non-hydrogen) atoms. The average molecular weight is 226 g/mol. The predicted molar refractivity (Wildman–Crippen MR) is 58.3 cm³/mol. The lowest BCUT2D eigenvalue weighted by molar-refractivity contribution is -0.134. The zero-order valence-corrected chi connectivity index (χ0v) is 9.10. The van der Waals surface area contributed by atoms with E-state index in [1.54, 1.807) is 0 Å². The summed E-state index contributed by atoms with van der Waals surface area (Å²) in [5, 5.41) is 11.1. The first-order chi connectivity index (χ1) is 7.50. The van der Waals surface area contributed by atoms with Crippen molar-refractivity contribution in [2.24, 2.45) is 0 Å². The van der Waals surface area contributed by atoms with E-state index in [1.807, 2.05) is 13.8 Å². The molecule has 0 atom stereocenters. The second kappa shape index (κ2) is 5.15. The largest absolute Gasteiger partial charge is 0.480 e. The Labute approximate surface area is 92.7 Å². The van der Waals surface area contributed by atoms with Crippen LogP contribution < -0.4 is 15.8 Å². The number of carbonyl (C=O) groups is 1. The summed E-state index contributed by atoms with van der Waals surface area (Å²) in [6.45, 7) is 3.42. The highest BCUT2D eigenvalue weighted by Crippen LogP contribution is 2.24. The minimum Gasteiger partial charge on any atom is -0.480 e. The highest BCUT2D eigenvalue weighted by atomic mass is 16.5. The highest BCUT2D eigenvalue weighted by Gasteiger charge is 2.10. The molecule has 0 spiro atoms. The first kappa shape index (κ1) is 12.0. The molecule has 7 heteroatoms. The molecule has 1 aromatic heterocycles. The first-order valence-corrected chi connectivity index (χ1v) is 4.73. The number of nitrogens with one attached hydrogen (secondary N) is 1. The van der Waals surface area contributed by atoms with E-state index in [0.29, 0.717) is 0 Å². The molecule has 1 aromatic rings. The molecular formula is C9H14N4O3. The van der Waals surface area contributed by atoms with E-state index in [0.717, 1.165) is 0 Å². The van der Waals surface area contributed by atoms with E-state index in [4.69, 9.17) is 15.6 Å². The second-order valence-corrected chi connectivity index (χ2v) is 3.36. The van der Waals surface area contributed by atoms with Gasteiger partial charge in [0, 0.05) is 0 Å². The third-order valence-electron chi connectivity index (χ3n) is 1.60.